The molecule has 0 radical (unpaired) electrons. The number of amides is 1. The number of aromatic nitrogens is 1. The van der Waals surface area contributed by atoms with E-state index in [0.717, 1.165) is 16.5 Å². The van der Waals surface area contributed by atoms with E-state index in [-0.39, 0.29) is 17.8 Å². The van der Waals surface area contributed by atoms with Crippen LogP contribution in [0.1, 0.15) is 19.4 Å². The summed E-state index contributed by atoms with van der Waals surface area (Å²) in [6, 6.07) is 4.66. The number of carbonyl (C=O) groups excluding carboxylic acids is 1. The molecule has 0 aliphatic heterocycles. The van der Waals surface area contributed by atoms with E-state index >= 15 is 0 Å². The summed E-state index contributed by atoms with van der Waals surface area (Å²) in [5, 5.41) is 3.72. The molecule has 1 amide bonds. The van der Waals surface area contributed by atoms with Gasteiger partial charge in [0.2, 0.25) is 5.91 Å². The molecule has 3 nitrogen and oxygen atoms in total. The van der Waals surface area contributed by atoms with Crippen LogP contribution in [0.15, 0.2) is 24.4 Å². The van der Waals surface area contributed by atoms with Crippen LogP contribution in [-0.4, -0.2) is 16.9 Å². The second-order valence-corrected chi connectivity index (χ2v) is 4.40. The molecule has 0 bridgehead atoms. The smallest absolute Gasteiger partial charge is 0.224 e. The molecule has 1 aromatic carbocycles. The molecular formula is C13H15FN2O. The van der Waals surface area contributed by atoms with Crippen LogP contribution < -0.4 is 5.32 Å². The first-order chi connectivity index (χ1) is 8.06. The fourth-order valence-corrected chi connectivity index (χ4v) is 1.85. The third-order valence-corrected chi connectivity index (χ3v) is 2.53. The summed E-state index contributed by atoms with van der Waals surface area (Å²) in [4.78, 5) is 14.6. The maximum Gasteiger partial charge on any atom is 0.224 e. The number of carbonyl (C=O) groups is 1. The van der Waals surface area contributed by atoms with Gasteiger partial charge in [-0.1, -0.05) is 0 Å². The Kier molecular flexibility index (Phi) is 3.13. The zero-order chi connectivity index (χ0) is 12.4. The van der Waals surface area contributed by atoms with Crippen molar-refractivity contribution < 1.29 is 9.18 Å². The van der Waals surface area contributed by atoms with E-state index < -0.39 is 0 Å². The average Bonchev–Trinajstić information content (AvgIpc) is 2.59. The summed E-state index contributed by atoms with van der Waals surface area (Å²) >= 11 is 0. The van der Waals surface area contributed by atoms with Crippen LogP contribution in [0.5, 0.6) is 0 Å². The summed E-state index contributed by atoms with van der Waals surface area (Å²) in [6.45, 7) is 3.84. The number of H-pyrrole nitrogens is 1. The lowest BCUT2D eigenvalue weighted by Crippen LogP contribution is -2.31. The predicted molar refractivity (Wildman–Crippen MR) is 65.2 cm³/mol. The lowest BCUT2D eigenvalue weighted by Gasteiger charge is -2.07. The minimum atomic E-state index is -0.280. The van der Waals surface area contributed by atoms with Gasteiger partial charge in [-0.2, -0.15) is 0 Å². The van der Waals surface area contributed by atoms with E-state index in [9.17, 15) is 9.18 Å². The van der Waals surface area contributed by atoms with Gasteiger partial charge in [-0.15, -0.1) is 0 Å². The quantitative estimate of drug-likeness (QED) is 0.841. The number of rotatable bonds is 3. The number of nitrogens with one attached hydrogen (secondary N) is 2. The molecule has 0 saturated carbocycles. The molecule has 90 valence electrons. The van der Waals surface area contributed by atoms with Gasteiger partial charge in [0.05, 0.1) is 6.42 Å². The molecule has 0 aliphatic rings. The number of fused-ring (bicyclic) bond motifs is 1. The Balaban J connectivity index is 2.22. The first-order valence-corrected chi connectivity index (χ1v) is 5.61. The van der Waals surface area contributed by atoms with Gasteiger partial charge in [-0.25, -0.2) is 4.39 Å². The Labute approximate surface area is 99.0 Å². The largest absolute Gasteiger partial charge is 0.361 e. The molecule has 1 heterocycles. The van der Waals surface area contributed by atoms with E-state index in [1.807, 2.05) is 13.8 Å². The minimum absolute atomic E-state index is 0.0229. The van der Waals surface area contributed by atoms with Gasteiger partial charge in [-0.3, -0.25) is 4.79 Å². The third kappa shape index (κ3) is 2.64. The Morgan fingerprint density at radius 3 is 2.94 bits per heavy atom. The van der Waals surface area contributed by atoms with Crippen LogP contribution in [0, 0.1) is 5.82 Å². The number of aromatic amines is 1. The van der Waals surface area contributed by atoms with Crippen molar-refractivity contribution in [2.75, 3.05) is 0 Å². The Bertz CT molecular complexity index is 545. The Morgan fingerprint density at radius 1 is 1.47 bits per heavy atom. The van der Waals surface area contributed by atoms with Crippen LogP contribution in [-0.2, 0) is 11.2 Å². The van der Waals surface area contributed by atoms with Crippen molar-refractivity contribution in [1.82, 2.24) is 10.3 Å². The normalized spacial score (nSPS) is 11.1. The first kappa shape index (κ1) is 11.6. The van der Waals surface area contributed by atoms with Crippen molar-refractivity contribution in [3.8, 4) is 0 Å². The second kappa shape index (κ2) is 4.57. The number of benzene rings is 1. The van der Waals surface area contributed by atoms with Crippen LogP contribution in [0.4, 0.5) is 4.39 Å². The van der Waals surface area contributed by atoms with Crippen molar-refractivity contribution in [2.24, 2.45) is 0 Å². The van der Waals surface area contributed by atoms with Gasteiger partial charge in [0.15, 0.2) is 0 Å². The topological polar surface area (TPSA) is 44.9 Å². The average molecular weight is 234 g/mol. The van der Waals surface area contributed by atoms with E-state index in [4.69, 9.17) is 0 Å². The summed E-state index contributed by atoms with van der Waals surface area (Å²) in [5.74, 6) is -0.303. The van der Waals surface area contributed by atoms with Crippen LogP contribution in [0.25, 0.3) is 10.9 Å². The number of hydrogen-bond donors (Lipinski definition) is 2. The zero-order valence-electron chi connectivity index (χ0n) is 9.88. The monoisotopic (exact) mass is 234 g/mol. The molecule has 0 saturated heterocycles. The van der Waals surface area contributed by atoms with Crippen molar-refractivity contribution in [3.63, 3.8) is 0 Å². The fourth-order valence-electron chi connectivity index (χ4n) is 1.85. The predicted octanol–water partition coefficient (Wildman–Crippen LogP) is 2.37. The first-order valence-electron chi connectivity index (χ1n) is 5.61. The highest BCUT2D eigenvalue weighted by Crippen LogP contribution is 2.19. The molecule has 0 atom stereocenters. The highest BCUT2D eigenvalue weighted by Gasteiger charge is 2.09. The Hall–Kier alpha value is -1.84. The summed E-state index contributed by atoms with van der Waals surface area (Å²) in [7, 11) is 0. The van der Waals surface area contributed by atoms with Crippen LogP contribution >= 0.6 is 0 Å². The molecule has 2 aromatic rings. The molecule has 17 heavy (non-hydrogen) atoms. The second-order valence-electron chi connectivity index (χ2n) is 4.40. The van der Waals surface area contributed by atoms with E-state index in [1.165, 1.54) is 12.1 Å². The highest BCUT2D eigenvalue weighted by molar-refractivity contribution is 5.88. The molecule has 0 spiro atoms. The summed E-state index contributed by atoms with van der Waals surface area (Å²) in [5.41, 5.74) is 1.61. The standard InChI is InChI=1S/C13H15FN2O/c1-8(2)16-13(17)5-9-7-15-12-6-10(14)3-4-11(9)12/h3-4,6-8,15H,5H2,1-2H3,(H,16,17). The lowest BCUT2D eigenvalue weighted by atomic mass is 10.1. The van der Waals surface area contributed by atoms with Crippen molar-refractivity contribution in [1.29, 1.82) is 0 Å². The molecule has 0 aliphatic carbocycles. The summed E-state index contributed by atoms with van der Waals surface area (Å²) < 4.78 is 13.0. The molecule has 2 rings (SSSR count). The molecule has 0 unspecified atom stereocenters. The van der Waals surface area contributed by atoms with Crippen molar-refractivity contribution in [3.05, 3.63) is 35.8 Å². The SMILES string of the molecule is CC(C)NC(=O)Cc1c[nH]c2cc(F)ccc12. The molecule has 2 N–H and O–H groups in total. The maximum absolute atomic E-state index is 13.0. The van der Waals surface area contributed by atoms with Crippen LogP contribution in [0.2, 0.25) is 0 Å². The zero-order valence-corrected chi connectivity index (χ0v) is 9.88. The van der Waals surface area contributed by atoms with Gasteiger partial charge >= 0.3 is 0 Å². The van der Waals surface area contributed by atoms with Gasteiger partial charge in [-0.05, 0) is 37.6 Å². The van der Waals surface area contributed by atoms with Gasteiger partial charge in [0.1, 0.15) is 5.82 Å². The van der Waals surface area contributed by atoms with Gasteiger partial charge < -0.3 is 10.3 Å². The molecule has 1 aromatic heterocycles. The Morgan fingerprint density at radius 2 is 2.24 bits per heavy atom. The maximum atomic E-state index is 13.0. The van der Waals surface area contributed by atoms with E-state index in [1.54, 1.807) is 12.3 Å². The number of halogens is 1. The minimum Gasteiger partial charge on any atom is -0.361 e. The summed E-state index contributed by atoms with van der Waals surface area (Å²) in [6.07, 6.45) is 2.06. The van der Waals surface area contributed by atoms with E-state index in [0.29, 0.717) is 6.42 Å². The number of hydrogen-bond acceptors (Lipinski definition) is 1. The fraction of sp³-hybridized carbons (Fsp3) is 0.308. The highest BCUT2D eigenvalue weighted by atomic mass is 19.1. The molecule has 4 heteroatoms. The van der Waals surface area contributed by atoms with Crippen molar-refractivity contribution in [2.45, 2.75) is 26.3 Å². The molecular weight excluding hydrogens is 219 g/mol. The lowest BCUT2D eigenvalue weighted by molar-refractivity contribution is -0.120. The molecule has 0 fully saturated rings. The van der Waals surface area contributed by atoms with Gasteiger partial charge in [0, 0.05) is 23.1 Å². The van der Waals surface area contributed by atoms with E-state index in [2.05, 4.69) is 10.3 Å². The third-order valence-electron chi connectivity index (χ3n) is 2.53. The van der Waals surface area contributed by atoms with Crippen LogP contribution in [0.3, 0.4) is 0 Å². The van der Waals surface area contributed by atoms with Gasteiger partial charge in [0.25, 0.3) is 0 Å². The van der Waals surface area contributed by atoms with Crippen molar-refractivity contribution >= 4 is 16.8 Å².